The molecule has 0 radical (unpaired) electrons. The Balaban J connectivity index is 0.000000203. The van der Waals surface area contributed by atoms with Crippen molar-refractivity contribution in [1.82, 2.24) is 14.8 Å². The minimum atomic E-state index is 0.604. The van der Waals surface area contributed by atoms with Gasteiger partial charge in [-0.2, -0.15) is 10.4 Å². The Hall–Kier alpha value is -2.65. The summed E-state index contributed by atoms with van der Waals surface area (Å²) in [5.74, 6) is 0. The van der Waals surface area contributed by atoms with Gasteiger partial charge in [0.25, 0.3) is 0 Å². The van der Waals surface area contributed by atoms with Gasteiger partial charge in [0.1, 0.15) is 16.6 Å². The fourth-order valence-electron chi connectivity index (χ4n) is 1.96. The predicted octanol–water partition coefficient (Wildman–Crippen LogP) is 3.71. The van der Waals surface area contributed by atoms with E-state index in [0.717, 1.165) is 17.1 Å². The first-order valence-corrected chi connectivity index (χ1v) is 8.11. The van der Waals surface area contributed by atoms with Crippen molar-refractivity contribution in [1.29, 1.82) is 5.26 Å². The van der Waals surface area contributed by atoms with Crippen LogP contribution in [0.2, 0.25) is 0 Å². The minimum absolute atomic E-state index is 0.604. The van der Waals surface area contributed by atoms with Gasteiger partial charge in [-0.15, -0.1) is 0 Å². The summed E-state index contributed by atoms with van der Waals surface area (Å²) in [5, 5.41) is 16.7. The third-order valence-electron chi connectivity index (χ3n) is 3.17. The summed E-state index contributed by atoms with van der Waals surface area (Å²) in [6.45, 7) is 2.16. The number of anilines is 1. The van der Waals surface area contributed by atoms with Crippen LogP contribution in [0.5, 0.6) is 0 Å². The second-order valence-electron chi connectivity index (χ2n) is 4.80. The maximum atomic E-state index is 8.96. The van der Waals surface area contributed by atoms with Crippen LogP contribution in [0.4, 0.5) is 5.13 Å². The Morgan fingerprint density at radius 2 is 2.04 bits per heavy atom. The van der Waals surface area contributed by atoms with E-state index in [2.05, 4.69) is 52.7 Å². The molecule has 0 saturated carbocycles. The topological polar surface area (TPSA) is 66.5 Å². The van der Waals surface area contributed by atoms with Crippen LogP contribution >= 0.6 is 11.3 Å². The van der Waals surface area contributed by atoms with E-state index in [-0.39, 0.29) is 0 Å². The molecule has 118 valence electrons. The number of hydrogen-bond acceptors (Lipinski definition) is 5. The Kier molecular flexibility index (Phi) is 5.89. The first kappa shape index (κ1) is 16.7. The molecule has 0 spiro atoms. The normalized spacial score (nSPS) is 9.65. The molecular weight excluding hydrogens is 306 g/mol. The predicted molar refractivity (Wildman–Crippen MR) is 94.4 cm³/mol. The lowest BCUT2D eigenvalue weighted by Crippen LogP contribution is -1.86. The molecule has 0 aliphatic rings. The molecule has 0 atom stereocenters. The lowest BCUT2D eigenvalue weighted by molar-refractivity contribution is 0.768. The molecule has 2 heterocycles. The maximum absolute atomic E-state index is 8.96. The molecule has 1 N–H and O–H groups in total. The second kappa shape index (κ2) is 8.11. The van der Waals surface area contributed by atoms with Gasteiger partial charge in [0.2, 0.25) is 0 Å². The Labute approximate surface area is 140 Å². The highest BCUT2D eigenvalue weighted by atomic mass is 32.1. The molecule has 0 fully saturated rings. The largest absolute Gasteiger partial charge is 0.365 e. The number of benzene rings is 1. The highest BCUT2D eigenvalue weighted by Gasteiger charge is 2.13. The van der Waals surface area contributed by atoms with Crippen molar-refractivity contribution < 1.29 is 0 Å². The molecule has 6 heteroatoms. The molecule has 0 amide bonds. The third kappa shape index (κ3) is 4.41. The van der Waals surface area contributed by atoms with Crippen LogP contribution in [0, 0.1) is 11.3 Å². The van der Waals surface area contributed by atoms with Crippen molar-refractivity contribution in [2.75, 3.05) is 12.4 Å². The quantitative estimate of drug-likeness (QED) is 0.797. The minimum Gasteiger partial charge on any atom is -0.365 e. The van der Waals surface area contributed by atoms with Crippen LogP contribution in [-0.4, -0.2) is 21.8 Å². The van der Waals surface area contributed by atoms with Crippen LogP contribution in [-0.2, 0) is 13.5 Å². The van der Waals surface area contributed by atoms with Crippen LogP contribution in [0.15, 0.2) is 42.7 Å². The van der Waals surface area contributed by atoms with Gasteiger partial charge in [-0.3, -0.25) is 4.68 Å². The van der Waals surface area contributed by atoms with Crippen LogP contribution in [0.3, 0.4) is 0 Å². The Morgan fingerprint density at radius 1 is 1.30 bits per heavy atom. The average Bonchev–Trinajstić information content (AvgIpc) is 3.21. The lowest BCUT2D eigenvalue weighted by atomic mass is 10.2. The van der Waals surface area contributed by atoms with Gasteiger partial charge in [0, 0.05) is 25.9 Å². The number of aryl methyl sites for hydroxylation is 2. The highest BCUT2D eigenvalue weighted by molar-refractivity contribution is 7.16. The van der Waals surface area contributed by atoms with E-state index >= 15 is 0 Å². The number of nitriles is 1. The van der Waals surface area contributed by atoms with Crippen LogP contribution < -0.4 is 5.32 Å². The molecule has 23 heavy (non-hydrogen) atoms. The zero-order valence-corrected chi connectivity index (χ0v) is 14.3. The first-order valence-electron chi connectivity index (χ1n) is 7.29. The van der Waals surface area contributed by atoms with Crippen molar-refractivity contribution in [3.63, 3.8) is 0 Å². The SMILES string of the molecule is CCc1ccccc1.CNc1nc(-c2cnn(C)c2)c(C#N)s1. The summed E-state index contributed by atoms with van der Waals surface area (Å²) < 4.78 is 1.69. The molecular formula is C17H19N5S. The molecule has 0 saturated heterocycles. The van der Waals surface area contributed by atoms with Crippen molar-refractivity contribution in [3.05, 3.63) is 53.2 Å². The van der Waals surface area contributed by atoms with Gasteiger partial charge in [0.05, 0.1) is 6.20 Å². The number of hydrogen-bond donors (Lipinski definition) is 1. The molecule has 0 bridgehead atoms. The summed E-state index contributed by atoms with van der Waals surface area (Å²) in [6, 6.07) is 12.6. The van der Waals surface area contributed by atoms with Gasteiger partial charge in [0.15, 0.2) is 5.13 Å². The van der Waals surface area contributed by atoms with Crippen LogP contribution in [0.1, 0.15) is 17.4 Å². The van der Waals surface area contributed by atoms with E-state index < -0.39 is 0 Å². The first-order chi connectivity index (χ1) is 11.2. The van der Waals surface area contributed by atoms with E-state index in [9.17, 15) is 0 Å². The number of rotatable bonds is 3. The van der Waals surface area contributed by atoms with Crippen LogP contribution in [0.25, 0.3) is 11.3 Å². The highest BCUT2D eigenvalue weighted by Crippen LogP contribution is 2.29. The molecule has 1 aromatic carbocycles. The molecule has 2 aromatic heterocycles. The summed E-state index contributed by atoms with van der Waals surface area (Å²) >= 11 is 1.34. The Bertz CT molecular complexity index is 783. The summed E-state index contributed by atoms with van der Waals surface area (Å²) in [5.41, 5.74) is 2.97. The number of aromatic nitrogens is 3. The second-order valence-corrected chi connectivity index (χ2v) is 5.80. The smallest absolute Gasteiger partial charge is 0.184 e. The standard InChI is InChI=1S/C9H9N5S.C8H10/c1-11-9-13-8(7(3-10)15-9)6-4-12-14(2)5-6;1-2-8-6-4-3-5-7-8/h4-5H,1-2H3,(H,11,13);3-7H,2H2,1H3. The van der Waals surface area contributed by atoms with E-state index in [1.165, 1.54) is 16.9 Å². The molecule has 3 rings (SSSR count). The number of nitrogens with one attached hydrogen (secondary N) is 1. The third-order valence-corrected chi connectivity index (χ3v) is 4.15. The maximum Gasteiger partial charge on any atom is 0.184 e. The summed E-state index contributed by atoms with van der Waals surface area (Å²) in [4.78, 5) is 4.92. The summed E-state index contributed by atoms with van der Waals surface area (Å²) in [6.07, 6.45) is 4.69. The Morgan fingerprint density at radius 3 is 2.52 bits per heavy atom. The van der Waals surface area contributed by atoms with Gasteiger partial charge in [-0.25, -0.2) is 4.98 Å². The van der Waals surface area contributed by atoms with Gasteiger partial charge >= 0.3 is 0 Å². The fourth-order valence-corrected chi connectivity index (χ4v) is 2.69. The van der Waals surface area contributed by atoms with E-state index in [4.69, 9.17) is 5.26 Å². The van der Waals surface area contributed by atoms with Crippen molar-refractivity contribution in [3.8, 4) is 17.3 Å². The van der Waals surface area contributed by atoms with Crippen molar-refractivity contribution in [2.24, 2.45) is 7.05 Å². The zero-order valence-electron chi connectivity index (χ0n) is 13.4. The molecule has 0 aliphatic heterocycles. The number of nitrogens with zero attached hydrogens (tertiary/aromatic N) is 4. The fraction of sp³-hybridized carbons (Fsp3) is 0.235. The van der Waals surface area contributed by atoms with E-state index in [1.807, 2.05) is 19.3 Å². The zero-order chi connectivity index (χ0) is 16.7. The summed E-state index contributed by atoms with van der Waals surface area (Å²) in [7, 11) is 3.62. The van der Waals surface area contributed by atoms with Gasteiger partial charge in [-0.1, -0.05) is 48.6 Å². The monoisotopic (exact) mass is 325 g/mol. The molecule has 5 nitrogen and oxygen atoms in total. The number of thiazole rings is 1. The van der Waals surface area contributed by atoms with E-state index in [1.54, 1.807) is 17.9 Å². The molecule has 0 aliphatic carbocycles. The van der Waals surface area contributed by atoms with Gasteiger partial charge < -0.3 is 5.32 Å². The average molecular weight is 325 g/mol. The molecule has 3 aromatic rings. The van der Waals surface area contributed by atoms with Gasteiger partial charge in [-0.05, 0) is 12.0 Å². The molecule has 0 unspecified atom stereocenters. The lowest BCUT2D eigenvalue weighted by Gasteiger charge is -1.89. The van der Waals surface area contributed by atoms with Crippen molar-refractivity contribution in [2.45, 2.75) is 13.3 Å². The van der Waals surface area contributed by atoms with E-state index in [0.29, 0.717) is 10.6 Å². The van der Waals surface area contributed by atoms with Crippen molar-refractivity contribution >= 4 is 16.5 Å².